The molecule has 0 aliphatic carbocycles. The number of nitrogens with zero attached hydrogens (tertiary/aromatic N) is 7. The van der Waals surface area contributed by atoms with E-state index in [0.29, 0.717) is 11.3 Å². The summed E-state index contributed by atoms with van der Waals surface area (Å²) in [4.78, 5) is 38.7. The van der Waals surface area contributed by atoms with Crippen LogP contribution < -0.4 is 5.06 Å². The molecular formula is C26H19F4N7O3. The molecular weight excluding hydrogens is 534 g/mol. The van der Waals surface area contributed by atoms with Crippen LogP contribution in [0.4, 0.5) is 23.2 Å². The molecule has 0 fully saturated rings. The molecule has 0 N–H and O–H groups in total. The van der Waals surface area contributed by atoms with Gasteiger partial charge in [0, 0.05) is 24.4 Å². The lowest BCUT2D eigenvalue weighted by molar-refractivity contribution is -0.200. The minimum atomic E-state index is -5.49. The molecule has 0 aliphatic heterocycles. The number of hydrogen-bond donors (Lipinski definition) is 0. The first-order valence-electron chi connectivity index (χ1n) is 11.6. The summed E-state index contributed by atoms with van der Waals surface area (Å²) in [5.74, 6) is -5.06. The molecule has 0 spiro atoms. The predicted octanol–water partition coefficient (Wildman–Crippen LogP) is 4.62. The highest BCUT2D eigenvalue weighted by Gasteiger charge is 2.45. The number of pyridine rings is 2. The molecule has 1 aromatic carbocycles. The van der Waals surface area contributed by atoms with Crippen LogP contribution in [-0.2, 0) is 16.7 Å². The summed E-state index contributed by atoms with van der Waals surface area (Å²) < 4.78 is 57.2. The van der Waals surface area contributed by atoms with Gasteiger partial charge in [0.15, 0.2) is 17.3 Å². The first kappa shape index (κ1) is 26.5. The highest BCUT2D eigenvalue weighted by Crippen LogP contribution is 2.30. The molecule has 10 nitrogen and oxygen atoms in total. The lowest BCUT2D eigenvalue weighted by Crippen LogP contribution is -2.40. The zero-order chi connectivity index (χ0) is 28.8. The monoisotopic (exact) mass is 553 g/mol. The predicted molar refractivity (Wildman–Crippen MR) is 133 cm³/mol. The van der Waals surface area contributed by atoms with Gasteiger partial charge in [-0.25, -0.2) is 18.7 Å². The molecule has 1 amide bonds. The van der Waals surface area contributed by atoms with Crippen molar-refractivity contribution in [1.82, 2.24) is 29.4 Å². The number of fused-ring (bicyclic) bond motifs is 1. The molecule has 4 heterocycles. The number of hydrogen-bond acceptors (Lipinski definition) is 7. The van der Waals surface area contributed by atoms with Gasteiger partial charge in [-0.15, -0.1) is 10.2 Å². The van der Waals surface area contributed by atoms with Crippen LogP contribution in [0.25, 0.3) is 28.3 Å². The maximum absolute atomic E-state index is 15.4. The fourth-order valence-electron chi connectivity index (χ4n) is 4.05. The number of rotatable bonds is 4. The molecule has 0 saturated carbocycles. The number of anilines is 1. The Balaban J connectivity index is 1.65. The van der Waals surface area contributed by atoms with Crippen LogP contribution in [0.15, 0.2) is 60.9 Å². The van der Waals surface area contributed by atoms with Gasteiger partial charge < -0.3 is 4.84 Å². The highest BCUT2D eigenvalue weighted by atomic mass is 19.4. The van der Waals surface area contributed by atoms with Gasteiger partial charge in [-0.2, -0.15) is 18.3 Å². The normalized spacial score (nSPS) is 11.6. The lowest BCUT2D eigenvalue weighted by atomic mass is 10.1. The van der Waals surface area contributed by atoms with Crippen LogP contribution in [0.1, 0.15) is 21.7 Å². The Labute approximate surface area is 223 Å². The van der Waals surface area contributed by atoms with Gasteiger partial charge in [-0.05, 0) is 31.5 Å². The van der Waals surface area contributed by atoms with Crippen LogP contribution in [-0.4, -0.2) is 47.4 Å². The van der Waals surface area contributed by atoms with Crippen molar-refractivity contribution in [2.24, 2.45) is 7.05 Å². The van der Waals surface area contributed by atoms with Gasteiger partial charge in [0.1, 0.15) is 11.4 Å². The maximum Gasteiger partial charge on any atom is 0.493 e. The van der Waals surface area contributed by atoms with Gasteiger partial charge >= 0.3 is 18.1 Å². The molecule has 4 aromatic heterocycles. The number of aryl methyl sites for hydroxylation is 3. The zero-order valence-corrected chi connectivity index (χ0v) is 21.1. The average Bonchev–Trinajstić information content (AvgIpc) is 3.48. The van der Waals surface area contributed by atoms with E-state index in [9.17, 15) is 22.8 Å². The minimum absolute atomic E-state index is 0.0303. The van der Waals surface area contributed by atoms with Crippen LogP contribution in [0, 0.1) is 19.7 Å². The topological polar surface area (TPSA) is 108 Å². The lowest BCUT2D eigenvalue weighted by Gasteiger charge is -2.22. The van der Waals surface area contributed by atoms with Crippen LogP contribution in [0.5, 0.6) is 0 Å². The van der Waals surface area contributed by atoms with E-state index in [1.807, 2.05) is 0 Å². The second-order valence-electron chi connectivity index (χ2n) is 8.79. The van der Waals surface area contributed by atoms with Gasteiger partial charge in [0.05, 0.1) is 23.7 Å². The Morgan fingerprint density at radius 2 is 1.75 bits per heavy atom. The number of benzene rings is 1. The molecule has 5 aromatic rings. The quantitative estimate of drug-likeness (QED) is 0.236. The molecule has 14 heteroatoms. The molecule has 0 aliphatic rings. The summed E-state index contributed by atoms with van der Waals surface area (Å²) in [7, 11) is 1.35. The van der Waals surface area contributed by atoms with Crippen molar-refractivity contribution in [3.63, 3.8) is 0 Å². The molecule has 0 saturated heterocycles. The first-order valence-corrected chi connectivity index (χ1v) is 11.6. The standard InChI is InChI=1S/C26H19F4N7O3/c1-14-9-15(2)32-19(10-14)17-12-31-35(3)22(17)24(38)37(40-25(39)26(28,29)30)20-11-21-33-23(16-7-5-4-6-8-16)34-36(21)13-18(20)27/h4-13H,1-3H3. The van der Waals surface area contributed by atoms with E-state index in [1.54, 1.807) is 56.3 Å². The summed E-state index contributed by atoms with van der Waals surface area (Å²) >= 11 is 0. The summed E-state index contributed by atoms with van der Waals surface area (Å²) in [5.41, 5.74) is 1.26. The smallest absolute Gasteiger partial charge is 0.324 e. The SMILES string of the molecule is Cc1cc(C)nc(-c2cnn(C)c2C(=O)N(OC(=O)C(F)(F)F)c2cc3nc(-c4ccccc4)nn3cc2F)c1. The van der Waals surface area contributed by atoms with E-state index in [4.69, 9.17) is 0 Å². The summed E-state index contributed by atoms with van der Waals surface area (Å²) in [5, 5.41) is 8.14. The fraction of sp³-hybridized carbons (Fsp3) is 0.154. The van der Waals surface area contributed by atoms with Gasteiger partial charge in [-0.3, -0.25) is 14.5 Å². The molecule has 5 rings (SSSR count). The summed E-state index contributed by atoms with van der Waals surface area (Å²) in [6.45, 7) is 3.51. The number of alkyl halides is 3. The number of amides is 1. The van der Waals surface area contributed by atoms with Gasteiger partial charge in [-0.1, -0.05) is 30.3 Å². The second-order valence-corrected chi connectivity index (χ2v) is 8.79. The van der Waals surface area contributed by atoms with E-state index in [0.717, 1.165) is 27.0 Å². The molecule has 0 bridgehead atoms. The fourth-order valence-corrected chi connectivity index (χ4v) is 4.05. The van der Waals surface area contributed by atoms with Crippen molar-refractivity contribution in [3.05, 3.63) is 83.7 Å². The Kier molecular flexibility index (Phi) is 6.53. The Morgan fingerprint density at radius 1 is 1.02 bits per heavy atom. The van der Waals surface area contributed by atoms with E-state index in [2.05, 4.69) is 25.0 Å². The van der Waals surface area contributed by atoms with Crippen molar-refractivity contribution in [3.8, 4) is 22.6 Å². The van der Waals surface area contributed by atoms with Crippen molar-refractivity contribution < 1.29 is 32.0 Å². The van der Waals surface area contributed by atoms with Crippen molar-refractivity contribution in [2.45, 2.75) is 20.0 Å². The molecule has 0 unspecified atom stereocenters. The molecule has 204 valence electrons. The largest absolute Gasteiger partial charge is 0.493 e. The van der Waals surface area contributed by atoms with E-state index < -0.39 is 29.6 Å². The molecule has 40 heavy (non-hydrogen) atoms. The first-order chi connectivity index (χ1) is 18.9. The highest BCUT2D eigenvalue weighted by molar-refractivity contribution is 6.08. The van der Waals surface area contributed by atoms with Gasteiger partial charge in [0.25, 0.3) is 0 Å². The van der Waals surface area contributed by atoms with Gasteiger partial charge in [0.2, 0.25) is 0 Å². The third-order valence-corrected chi connectivity index (χ3v) is 5.76. The van der Waals surface area contributed by atoms with E-state index >= 15 is 4.39 Å². The summed E-state index contributed by atoms with van der Waals surface area (Å²) in [6.07, 6.45) is -3.40. The third-order valence-electron chi connectivity index (χ3n) is 5.76. The van der Waals surface area contributed by atoms with Crippen LogP contribution >= 0.6 is 0 Å². The zero-order valence-electron chi connectivity index (χ0n) is 21.1. The van der Waals surface area contributed by atoms with Crippen LogP contribution in [0.2, 0.25) is 0 Å². The maximum atomic E-state index is 15.4. The Morgan fingerprint density at radius 3 is 2.42 bits per heavy atom. The average molecular weight is 553 g/mol. The Hall–Kier alpha value is -5.14. The Bertz CT molecular complexity index is 1740. The van der Waals surface area contributed by atoms with E-state index in [1.165, 1.54) is 13.2 Å². The molecule has 0 atom stereocenters. The number of carbonyl (C=O) groups is 2. The van der Waals surface area contributed by atoms with E-state index in [-0.39, 0.29) is 33.5 Å². The third kappa shape index (κ3) is 4.98. The van der Waals surface area contributed by atoms with Crippen molar-refractivity contribution in [1.29, 1.82) is 0 Å². The number of halogens is 4. The number of carbonyl (C=O) groups excluding carboxylic acids is 2. The number of aromatic nitrogens is 6. The van der Waals surface area contributed by atoms with Crippen molar-refractivity contribution in [2.75, 3.05) is 5.06 Å². The van der Waals surface area contributed by atoms with Crippen molar-refractivity contribution >= 4 is 23.2 Å². The minimum Gasteiger partial charge on any atom is -0.324 e. The number of hydroxylamine groups is 1. The second kappa shape index (κ2) is 9.87. The van der Waals surface area contributed by atoms with Crippen LogP contribution in [0.3, 0.4) is 0 Å². The summed E-state index contributed by atoms with van der Waals surface area (Å²) in [6, 6.07) is 13.0. The molecule has 0 radical (unpaired) electrons.